The number of hydrogen-bond donors (Lipinski definition) is 2. The molecule has 2 atom stereocenters. The van der Waals surface area contributed by atoms with Crippen molar-refractivity contribution in [3.63, 3.8) is 0 Å². The molecule has 2 aromatic heterocycles. The lowest BCUT2D eigenvalue weighted by Crippen LogP contribution is -2.46. The van der Waals surface area contributed by atoms with Crippen molar-refractivity contribution in [3.05, 3.63) is 40.9 Å². The van der Waals surface area contributed by atoms with Gasteiger partial charge in [-0.15, -0.1) is 34.0 Å². The van der Waals surface area contributed by atoms with Gasteiger partial charge in [-0.05, 0) is 31.5 Å². The van der Waals surface area contributed by atoms with E-state index in [0.29, 0.717) is 17.5 Å². The van der Waals surface area contributed by atoms with Crippen LogP contribution in [0.4, 0.5) is 0 Å². The third kappa shape index (κ3) is 4.31. The van der Waals surface area contributed by atoms with Crippen LogP contribution in [0.5, 0.6) is 0 Å². The van der Waals surface area contributed by atoms with Gasteiger partial charge in [0.25, 0.3) is 5.56 Å². The smallest absolute Gasteiger partial charge is 0.297 e. The van der Waals surface area contributed by atoms with Gasteiger partial charge in [0.2, 0.25) is 5.58 Å². The number of Topliss-reactive ketones (excluding diaryl/α,β-unsaturated/α-hetero) is 1. The summed E-state index contributed by atoms with van der Waals surface area (Å²) in [7, 11) is 0. The Hall–Kier alpha value is -1.55. The van der Waals surface area contributed by atoms with Crippen molar-refractivity contribution >= 4 is 61.8 Å². The van der Waals surface area contributed by atoms with Gasteiger partial charge in [0.05, 0.1) is 19.0 Å². The Kier molecular flexibility index (Phi) is 7.32. The van der Waals surface area contributed by atoms with Gasteiger partial charge in [-0.25, -0.2) is 4.98 Å². The second-order valence-electron chi connectivity index (χ2n) is 6.47. The first-order valence-corrected chi connectivity index (χ1v) is 8.43. The molecule has 7 nitrogen and oxygen atoms in total. The molecular formula is C18H21Br2N3O4. The van der Waals surface area contributed by atoms with E-state index in [1.165, 1.54) is 10.9 Å². The van der Waals surface area contributed by atoms with Gasteiger partial charge < -0.3 is 14.8 Å². The maximum atomic E-state index is 12.6. The van der Waals surface area contributed by atoms with Gasteiger partial charge in [-0.3, -0.25) is 14.2 Å². The lowest BCUT2D eigenvalue weighted by molar-refractivity contribution is -0.121. The van der Waals surface area contributed by atoms with E-state index >= 15 is 0 Å². The number of rotatable bonds is 4. The summed E-state index contributed by atoms with van der Waals surface area (Å²) in [5.74, 6) is -0.127. The van der Waals surface area contributed by atoms with Gasteiger partial charge in [0, 0.05) is 17.8 Å². The third-order valence-electron chi connectivity index (χ3n) is 4.69. The Morgan fingerprint density at radius 1 is 1.33 bits per heavy atom. The lowest BCUT2D eigenvalue weighted by atomic mass is 9.97. The molecule has 3 heterocycles. The molecule has 0 bridgehead atoms. The molecule has 2 N–H and O–H groups in total. The number of carbonyl (C=O) groups excluding carboxylic acids is 1. The minimum absolute atomic E-state index is 0. The molecule has 1 aliphatic heterocycles. The van der Waals surface area contributed by atoms with Crippen molar-refractivity contribution in [2.24, 2.45) is 0 Å². The Morgan fingerprint density at radius 2 is 2.11 bits per heavy atom. The summed E-state index contributed by atoms with van der Waals surface area (Å²) >= 11 is 0. The molecule has 146 valence electrons. The zero-order valence-electron chi connectivity index (χ0n) is 14.5. The van der Waals surface area contributed by atoms with Gasteiger partial charge in [-0.2, -0.15) is 0 Å². The largest absolute Gasteiger partial charge is 0.448 e. The number of aromatic nitrogens is 2. The van der Waals surface area contributed by atoms with Crippen molar-refractivity contribution in [2.75, 3.05) is 6.54 Å². The highest BCUT2D eigenvalue weighted by Gasteiger charge is 2.25. The monoisotopic (exact) mass is 501 g/mol. The van der Waals surface area contributed by atoms with Crippen molar-refractivity contribution in [1.29, 1.82) is 0 Å². The van der Waals surface area contributed by atoms with Crippen LogP contribution in [0.1, 0.15) is 19.3 Å². The van der Waals surface area contributed by atoms with Crippen LogP contribution in [-0.4, -0.2) is 39.1 Å². The molecule has 0 amide bonds. The van der Waals surface area contributed by atoms with Crippen molar-refractivity contribution < 1.29 is 14.3 Å². The maximum absolute atomic E-state index is 12.6. The zero-order valence-corrected chi connectivity index (χ0v) is 17.9. The summed E-state index contributed by atoms with van der Waals surface area (Å²) in [6.07, 6.45) is 2.64. The number of hydrogen-bond acceptors (Lipinski definition) is 6. The van der Waals surface area contributed by atoms with Crippen LogP contribution in [0.3, 0.4) is 0 Å². The molecule has 0 saturated carbocycles. The summed E-state index contributed by atoms with van der Waals surface area (Å²) in [6.45, 7) is 0.713. The number of ketones is 1. The average Bonchev–Trinajstić information content (AvgIpc) is 2.99. The average molecular weight is 503 g/mol. The Labute approximate surface area is 176 Å². The maximum Gasteiger partial charge on any atom is 0.297 e. The quantitative estimate of drug-likeness (QED) is 0.568. The van der Waals surface area contributed by atoms with Crippen LogP contribution < -0.4 is 10.9 Å². The summed E-state index contributed by atoms with van der Waals surface area (Å²) < 4.78 is 6.88. The minimum atomic E-state index is -0.523. The van der Waals surface area contributed by atoms with Crippen molar-refractivity contribution in [1.82, 2.24) is 14.9 Å². The minimum Gasteiger partial charge on any atom is -0.448 e. The number of aliphatic hydroxyl groups excluding tert-OH is 1. The highest BCUT2D eigenvalue weighted by molar-refractivity contribution is 8.93. The van der Waals surface area contributed by atoms with E-state index in [1.54, 1.807) is 6.07 Å². The fourth-order valence-electron chi connectivity index (χ4n) is 3.37. The number of furan rings is 1. The van der Waals surface area contributed by atoms with E-state index in [1.807, 2.05) is 18.2 Å². The number of nitrogens with zero attached hydrogens (tertiary/aromatic N) is 2. The second kappa shape index (κ2) is 9.09. The SMILES string of the molecule is Br.Br.O=C(C[C@H]1NCCC[C@@H]1O)Cn1cnc2c(oc3ccccc32)c1=O. The molecular weight excluding hydrogens is 482 g/mol. The highest BCUT2D eigenvalue weighted by atomic mass is 79.9. The number of piperidine rings is 1. The van der Waals surface area contributed by atoms with Gasteiger partial charge in [0.1, 0.15) is 11.1 Å². The van der Waals surface area contributed by atoms with Crippen LogP contribution >= 0.6 is 34.0 Å². The lowest BCUT2D eigenvalue weighted by Gasteiger charge is -2.28. The van der Waals surface area contributed by atoms with Crippen LogP contribution in [-0.2, 0) is 11.3 Å². The van der Waals surface area contributed by atoms with E-state index in [4.69, 9.17) is 4.42 Å². The predicted octanol–water partition coefficient (Wildman–Crippen LogP) is 2.37. The van der Waals surface area contributed by atoms with Crippen LogP contribution in [0, 0.1) is 0 Å². The topological polar surface area (TPSA) is 97.4 Å². The Balaban J connectivity index is 0.00000131. The molecule has 0 aliphatic carbocycles. The molecule has 0 unspecified atom stereocenters. The molecule has 1 fully saturated rings. The van der Waals surface area contributed by atoms with Gasteiger partial charge >= 0.3 is 0 Å². The van der Waals surface area contributed by atoms with E-state index in [-0.39, 0.29) is 69.9 Å². The van der Waals surface area contributed by atoms with Crippen molar-refractivity contribution in [2.45, 2.75) is 38.0 Å². The number of halogens is 2. The fraction of sp³-hybridized carbons (Fsp3) is 0.389. The molecule has 0 spiro atoms. The summed E-state index contributed by atoms with van der Waals surface area (Å²) in [5, 5.41) is 13.9. The first-order valence-electron chi connectivity index (χ1n) is 8.43. The van der Waals surface area contributed by atoms with E-state index in [2.05, 4.69) is 10.3 Å². The summed E-state index contributed by atoms with van der Waals surface area (Å²) in [6, 6.07) is 7.06. The van der Waals surface area contributed by atoms with E-state index in [0.717, 1.165) is 18.4 Å². The third-order valence-corrected chi connectivity index (χ3v) is 4.69. The predicted molar refractivity (Wildman–Crippen MR) is 113 cm³/mol. The summed E-state index contributed by atoms with van der Waals surface area (Å²) in [5.41, 5.74) is 0.897. The highest BCUT2D eigenvalue weighted by Crippen LogP contribution is 2.24. The molecule has 1 aliphatic rings. The summed E-state index contributed by atoms with van der Waals surface area (Å²) in [4.78, 5) is 29.2. The molecule has 0 radical (unpaired) electrons. The molecule has 1 aromatic carbocycles. The first-order chi connectivity index (χ1) is 12.1. The standard InChI is InChI=1S/C18H19N3O4.2BrH/c22-11(8-13-14(23)5-3-7-19-13)9-21-10-20-16-12-4-1-2-6-15(12)25-17(16)18(21)24;;/h1-2,4,6,10,13-14,19,23H,3,5,7-9H2;2*1H/t13-,14+;;/m1../s1. The Morgan fingerprint density at radius 3 is 2.89 bits per heavy atom. The molecule has 4 rings (SSSR count). The van der Waals surface area contributed by atoms with Crippen LogP contribution in [0.25, 0.3) is 22.1 Å². The molecule has 27 heavy (non-hydrogen) atoms. The van der Waals surface area contributed by atoms with Gasteiger partial charge in [0.15, 0.2) is 5.78 Å². The van der Waals surface area contributed by atoms with Crippen molar-refractivity contribution in [3.8, 4) is 0 Å². The molecule has 1 saturated heterocycles. The van der Waals surface area contributed by atoms with Crippen LogP contribution in [0.2, 0.25) is 0 Å². The number of carbonyl (C=O) groups is 1. The number of aliphatic hydroxyl groups is 1. The zero-order chi connectivity index (χ0) is 17.4. The molecule has 3 aromatic rings. The van der Waals surface area contributed by atoms with E-state index < -0.39 is 6.10 Å². The van der Waals surface area contributed by atoms with Crippen LogP contribution in [0.15, 0.2) is 39.8 Å². The number of para-hydroxylation sites is 1. The second-order valence-corrected chi connectivity index (χ2v) is 6.47. The Bertz CT molecular complexity index is 1000. The normalized spacial score (nSPS) is 19.4. The number of benzene rings is 1. The van der Waals surface area contributed by atoms with E-state index in [9.17, 15) is 14.7 Å². The molecule has 9 heteroatoms. The van der Waals surface area contributed by atoms with Gasteiger partial charge in [-0.1, -0.05) is 12.1 Å². The number of nitrogens with one attached hydrogen (secondary N) is 1. The number of fused-ring (bicyclic) bond motifs is 3. The first kappa shape index (κ1) is 21.7. The fourth-order valence-corrected chi connectivity index (χ4v) is 3.37.